The van der Waals surface area contributed by atoms with Crippen LogP contribution in [-0.2, 0) is 9.31 Å². The Morgan fingerprint density at radius 3 is 1.94 bits per heavy atom. The second-order valence-corrected chi connectivity index (χ2v) is 4.54. The van der Waals surface area contributed by atoms with E-state index in [9.17, 15) is 0 Å². The molecule has 0 spiro atoms. The Labute approximate surface area is 107 Å². The Balaban J connectivity index is 2.62. The molecule has 1 rings (SSSR count). The molecule has 0 bridgehead atoms. The molecular formula is C12H18BBrO2. The van der Waals surface area contributed by atoms with Crippen molar-refractivity contribution >= 4 is 28.5 Å². The topological polar surface area (TPSA) is 18.5 Å². The van der Waals surface area contributed by atoms with Gasteiger partial charge >= 0.3 is 7.12 Å². The molecule has 1 aromatic carbocycles. The van der Waals surface area contributed by atoms with Gasteiger partial charge in [-0.1, -0.05) is 41.9 Å². The first-order valence-corrected chi connectivity index (χ1v) is 6.55. The van der Waals surface area contributed by atoms with E-state index in [0.717, 1.165) is 36.0 Å². The Hall–Kier alpha value is -0.315. The van der Waals surface area contributed by atoms with Crippen LogP contribution in [0.1, 0.15) is 26.7 Å². The molecule has 0 saturated heterocycles. The van der Waals surface area contributed by atoms with E-state index in [1.807, 2.05) is 24.3 Å². The van der Waals surface area contributed by atoms with E-state index >= 15 is 0 Å². The molecule has 0 heterocycles. The van der Waals surface area contributed by atoms with E-state index in [0.29, 0.717) is 0 Å². The molecule has 2 nitrogen and oxygen atoms in total. The zero-order chi connectivity index (χ0) is 11.8. The number of hydrogen-bond acceptors (Lipinski definition) is 2. The first-order chi connectivity index (χ1) is 7.77. The van der Waals surface area contributed by atoms with Crippen LogP contribution in [0, 0.1) is 0 Å². The molecule has 0 unspecified atom stereocenters. The minimum atomic E-state index is -0.229. The normalized spacial score (nSPS) is 10.4. The van der Waals surface area contributed by atoms with Gasteiger partial charge in [-0.2, -0.15) is 0 Å². The van der Waals surface area contributed by atoms with Gasteiger partial charge in [0.15, 0.2) is 0 Å². The van der Waals surface area contributed by atoms with Crippen molar-refractivity contribution in [2.24, 2.45) is 0 Å². The summed E-state index contributed by atoms with van der Waals surface area (Å²) in [5.41, 5.74) is 1.07. The fourth-order valence-corrected chi connectivity index (χ4v) is 1.57. The molecular weight excluding hydrogens is 267 g/mol. The second kappa shape index (κ2) is 7.88. The van der Waals surface area contributed by atoms with Crippen molar-refractivity contribution in [3.8, 4) is 0 Å². The standard InChI is InChI=1S/C12H18BBrO2/c1-3-9-15-13(16-10-4-2)11-5-7-12(14)8-6-11/h5-8H,3-4,9-10H2,1-2H3. The number of hydrogen-bond donors (Lipinski definition) is 0. The Bertz CT molecular complexity index is 282. The van der Waals surface area contributed by atoms with Crippen molar-refractivity contribution in [2.75, 3.05) is 13.2 Å². The lowest BCUT2D eigenvalue weighted by atomic mass is 9.79. The highest BCUT2D eigenvalue weighted by atomic mass is 79.9. The Kier molecular flexibility index (Phi) is 6.77. The largest absolute Gasteiger partial charge is 0.493 e. The molecule has 0 aromatic heterocycles. The summed E-state index contributed by atoms with van der Waals surface area (Å²) in [5, 5.41) is 0. The van der Waals surface area contributed by atoms with Gasteiger partial charge in [0, 0.05) is 17.7 Å². The Morgan fingerprint density at radius 1 is 1.00 bits per heavy atom. The van der Waals surface area contributed by atoms with E-state index in [1.165, 1.54) is 0 Å². The van der Waals surface area contributed by atoms with Crippen LogP contribution in [0.15, 0.2) is 28.7 Å². The van der Waals surface area contributed by atoms with Crippen molar-refractivity contribution in [1.82, 2.24) is 0 Å². The predicted molar refractivity (Wildman–Crippen MR) is 72.0 cm³/mol. The summed E-state index contributed by atoms with van der Waals surface area (Å²) in [6.45, 7) is 5.64. The van der Waals surface area contributed by atoms with Crippen LogP contribution in [0.4, 0.5) is 0 Å². The molecule has 0 atom stereocenters. The molecule has 0 N–H and O–H groups in total. The van der Waals surface area contributed by atoms with Gasteiger partial charge in [-0.05, 0) is 30.4 Å². The summed E-state index contributed by atoms with van der Waals surface area (Å²) >= 11 is 3.42. The van der Waals surface area contributed by atoms with Gasteiger partial charge in [0.25, 0.3) is 0 Å². The van der Waals surface area contributed by atoms with Crippen molar-refractivity contribution in [3.05, 3.63) is 28.7 Å². The summed E-state index contributed by atoms with van der Waals surface area (Å²) in [7, 11) is -0.229. The molecule has 88 valence electrons. The van der Waals surface area contributed by atoms with Crippen LogP contribution in [0.3, 0.4) is 0 Å². The summed E-state index contributed by atoms with van der Waals surface area (Å²) in [6.07, 6.45) is 2.00. The summed E-state index contributed by atoms with van der Waals surface area (Å²) in [6, 6.07) is 8.07. The number of benzene rings is 1. The Morgan fingerprint density at radius 2 is 1.50 bits per heavy atom. The van der Waals surface area contributed by atoms with Crippen LogP contribution in [0.2, 0.25) is 0 Å². The molecule has 0 saturated carbocycles. The van der Waals surface area contributed by atoms with E-state index in [2.05, 4.69) is 29.8 Å². The smallest absolute Gasteiger partial charge is 0.407 e. The highest BCUT2D eigenvalue weighted by molar-refractivity contribution is 9.10. The maximum atomic E-state index is 5.68. The van der Waals surface area contributed by atoms with Crippen LogP contribution < -0.4 is 5.46 Å². The van der Waals surface area contributed by atoms with Gasteiger partial charge < -0.3 is 9.31 Å². The van der Waals surface area contributed by atoms with Gasteiger partial charge in [0.2, 0.25) is 0 Å². The van der Waals surface area contributed by atoms with E-state index < -0.39 is 0 Å². The van der Waals surface area contributed by atoms with Gasteiger partial charge in [-0.25, -0.2) is 0 Å². The minimum Gasteiger partial charge on any atom is -0.407 e. The molecule has 0 aliphatic carbocycles. The third kappa shape index (κ3) is 4.68. The zero-order valence-corrected chi connectivity index (χ0v) is 11.5. The third-order valence-electron chi connectivity index (χ3n) is 2.09. The zero-order valence-electron chi connectivity index (χ0n) is 9.91. The number of halogens is 1. The fraction of sp³-hybridized carbons (Fsp3) is 0.500. The summed E-state index contributed by atoms with van der Waals surface area (Å²) < 4.78 is 12.4. The van der Waals surface area contributed by atoms with Gasteiger partial charge in [0.1, 0.15) is 0 Å². The average Bonchev–Trinajstić information content (AvgIpc) is 2.31. The van der Waals surface area contributed by atoms with Crippen LogP contribution in [-0.4, -0.2) is 20.3 Å². The quantitative estimate of drug-likeness (QED) is 0.717. The highest BCUT2D eigenvalue weighted by Crippen LogP contribution is 2.06. The van der Waals surface area contributed by atoms with Crippen molar-refractivity contribution < 1.29 is 9.31 Å². The van der Waals surface area contributed by atoms with Crippen molar-refractivity contribution in [3.63, 3.8) is 0 Å². The minimum absolute atomic E-state index is 0.229. The monoisotopic (exact) mass is 284 g/mol. The summed E-state index contributed by atoms with van der Waals surface area (Å²) in [4.78, 5) is 0. The second-order valence-electron chi connectivity index (χ2n) is 3.63. The molecule has 0 radical (unpaired) electrons. The van der Waals surface area contributed by atoms with Crippen LogP contribution in [0.25, 0.3) is 0 Å². The highest BCUT2D eigenvalue weighted by Gasteiger charge is 2.20. The molecule has 0 aliphatic heterocycles. The van der Waals surface area contributed by atoms with Gasteiger partial charge in [-0.15, -0.1) is 0 Å². The molecule has 0 aliphatic rings. The van der Waals surface area contributed by atoms with Crippen molar-refractivity contribution in [1.29, 1.82) is 0 Å². The van der Waals surface area contributed by atoms with Gasteiger partial charge in [-0.3, -0.25) is 0 Å². The lowest BCUT2D eigenvalue weighted by molar-refractivity contribution is 0.207. The molecule has 16 heavy (non-hydrogen) atoms. The SMILES string of the molecule is CCCOB(OCCC)c1ccc(Br)cc1. The average molecular weight is 285 g/mol. The lowest BCUT2D eigenvalue weighted by Crippen LogP contribution is -2.37. The maximum Gasteiger partial charge on any atom is 0.493 e. The first kappa shape index (κ1) is 13.7. The molecule has 4 heteroatoms. The third-order valence-corrected chi connectivity index (χ3v) is 2.62. The lowest BCUT2D eigenvalue weighted by Gasteiger charge is -2.14. The van der Waals surface area contributed by atoms with E-state index in [-0.39, 0.29) is 7.12 Å². The van der Waals surface area contributed by atoms with E-state index in [4.69, 9.17) is 9.31 Å². The van der Waals surface area contributed by atoms with Crippen LogP contribution >= 0.6 is 15.9 Å². The predicted octanol–water partition coefficient (Wildman–Crippen LogP) is 3.00. The van der Waals surface area contributed by atoms with Gasteiger partial charge in [0.05, 0.1) is 0 Å². The first-order valence-electron chi connectivity index (χ1n) is 5.76. The number of rotatable bonds is 7. The van der Waals surface area contributed by atoms with Crippen molar-refractivity contribution in [2.45, 2.75) is 26.7 Å². The van der Waals surface area contributed by atoms with E-state index in [1.54, 1.807) is 0 Å². The molecule has 1 aromatic rings. The molecule has 0 amide bonds. The van der Waals surface area contributed by atoms with Crippen LogP contribution in [0.5, 0.6) is 0 Å². The summed E-state index contributed by atoms with van der Waals surface area (Å²) in [5.74, 6) is 0. The fourth-order valence-electron chi connectivity index (χ4n) is 1.31. The maximum absolute atomic E-state index is 5.68. The molecule has 0 fully saturated rings.